The first-order valence-electron chi connectivity index (χ1n) is 10.5. The Bertz CT molecular complexity index is 1190. The summed E-state index contributed by atoms with van der Waals surface area (Å²) >= 11 is 0. The highest BCUT2D eigenvalue weighted by molar-refractivity contribution is 5.79. The summed E-state index contributed by atoms with van der Waals surface area (Å²) in [6.45, 7) is 3.11. The van der Waals surface area contributed by atoms with Crippen LogP contribution in [0.4, 0.5) is 0 Å². The summed E-state index contributed by atoms with van der Waals surface area (Å²) in [5.74, 6) is 1.82. The molecule has 8 heteroatoms. The summed E-state index contributed by atoms with van der Waals surface area (Å²) in [6, 6.07) is 10.8. The number of nitrogens with one attached hydrogen (secondary N) is 1. The van der Waals surface area contributed by atoms with E-state index < -0.39 is 0 Å². The van der Waals surface area contributed by atoms with E-state index in [2.05, 4.69) is 15.0 Å². The van der Waals surface area contributed by atoms with E-state index in [1.165, 1.54) is 13.2 Å². The predicted molar refractivity (Wildman–Crippen MR) is 120 cm³/mol. The van der Waals surface area contributed by atoms with Gasteiger partial charge in [-0.25, -0.2) is 9.97 Å². The molecule has 0 aliphatic carbocycles. The largest absolute Gasteiger partial charge is 0.496 e. The Morgan fingerprint density at radius 2 is 2.06 bits per heavy atom. The summed E-state index contributed by atoms with van der Waals surface area (Å²) in [5, 5.41) is 0. The second kappa shape index (κ2) is 9.21. The van der Waals surface area contributed by atoms with Crippen molar-refractivity contribution in [3.8, 4) is 22.9 Å². The molecule has 3 heterocycles. The van der Waals surface area contributed by atoms with Crippen molar-refractivity contribution in [2.45, 2.75) is 25.7 Å². The fraction of sp³-hybridized carbons (Fsp3) is 0.333. The summed E-state index contributed by atoms with van der Waals surface area (Å²) in [7, 11) is 3.17. The number of amides is 1. The number of aromatic nitrogens is 3. The van der Waals surface area contributed by atoms with Crippen molar-refractivity contribution in [1.82, 2.24) is 19.9 Å². The Kier molecular flexibility index (Phi) is 6.20. The van der Waals surface area contributed by atoms with Crippen LogP contribution in [0.15, 0.2) is 47.4 Å². The summed E-state index contributed by atoms with van der Waals surface area (Å²) < 4.78 is 10.6. The average molecular weight is 434 g/mol. The molecule has 1 fully saturated rings. The minimum Gasteiger partial charge on any atom is -0.496 e. The number of rotatable bonds is 6. The van der Waals surface area contributed by atoms with Gasteiger partial charge in [-0.1, -0.05) is 12.1 Å². The van der Waals surface area contributed by atoms with Crippen molar-refractivity contribution in [3.63, 3.8) is 0 Å². The number of nitrogens with zero attached hydrogens (tertiary/aromatic N) is 3. The number of ether oxygens (including phenoxy) is 2. The number of benzene rings is 1. The molecule has 4 rings (SSSR count). The van der Waals surface area contributed by atoms with E-state index in [-0.39, 0.29) is 17.4 Å². The van der Waals surface area contributed by atoms with Crippen LogP contribution in [-0.4, -0.2) is 53.1 Å². The molecule has 1 aliphatic rings. The number of hydrogen-bond acceptors (Lipinski definition) is 6. The predicted octanol–water partition coefficient (Wildman–Crippen LogP) is 2.72. The van der Waals surface area contributed by atoms with Crippen LogP contribution in [0.25, 0.3) is 11.3 Å². The maximum absolute atomic E-state index is 12.9. The van der Waals surface area contributed by atoms with Crippen LogP contribution >= 0.6 is 0 Å². The topological polar surface area (TPSA) is 97.4 Å². The fourth-order valence-electron chi connectivity index (χ4n) is 4.10. The Morgan fingerprint density at radius 1 is 1.22 bits per heavy atom. The molecular weight excluding hydrogens is 408 g/mol. The van der Waals surface area contributed by atoms with E-state index in [1.54, 1.807) is 19.4 Å². The van der Waals surface area contributed by atoms with E-state index in [0.29, 0.717) is 42.5 Å². The summed E-state index contributed by atoms with van der Waals surface area (Å²) in [4.78, 5) is 38.8. The molecule has 1 amide bonds. The number of H-pyrrole nitrogens is 1. The number of likely N-dealkylation sites (tertiary alicyclic amines) is 1. The third kappa shape index (κ3) is 4.49. The molecule has 166 valence electrons. The number of methoxy groups -OCH3 is 2. The molecule has 1 N–H and O–H groups in total. The molecule has 1 unspecified atom stereocenters. The standard InChI is InChI=1S/C24H26N4O4/c1-15-11-16(6-7-20(15)31-2)12-22(30)28-10-8-17(14-28)23-26-19(13-21(29)27-23)18-5-4-9-25-24(18)32-3/h4-7,9,11,13,17H,8,10,12,14H2,1-3H3,(H,26,27,29). The zero-order valence-corrected chi connectivity index (χ0v) is 18.4. The van der Waals surface area contributed by atoms with Crippen LogP contribution in [0, 0.1) is 6.92 Å². The van der Waals surface area contributed by atoms with Gasteiger partial charge in [0.05, 0.1) is 31.9 Å². The first kappa shape index (κ1) is 21.5. The monoisotopic (exact) mass is 434 g/mol. The van der Waals surface area contributed by atoms with Gasteiger partial charge in [-0.05, 0) is 42.7 Å². The van der Waals surface area contributed by atoms with E-state index in [4.69, 9.17) is 9.47 Å². The molecule has 1 atom stereocenters. The molecule has 1 saturated heterocycles. The molecule has 0 bridgehead atoms. The van der Waals surface area contributed by atoms with Crippen molar-refractivity contribution in [1.29, 1.82) is 0 Å². The Balaban J connectivity index is 1.49. The highest BCUT2D eigenvalue weighted by Crippen LogP contribution is 2.29. The molecule has 0 saturated carbocycles. The van der Waals surface area contributed by atoms with Gasteiger partial charge in [-0.2, -0.15) is 0 Å². The van der Waals surface area contributed by atoms with E-state index in [1.807, 2.05) is 36.1 Å². The van der Waals surface area contributed by atoms with Gasteiger partial charge in [0, 0.05) is 31.3 Å². The molecule has 3 aromatic rings. The Hall–Kier alpha value is -3.68. The molecule has 1 aromatic carbocycles. The third-order valence-corrected chi connectivity index (χ3v) is 5.74. The highest BCUT2D eigenvalue weighted by Gasteiger charge is 2.29. The maximum atomic E-state index is 12.9. The fourth-order valence-corrected chi connectivity index (χ4v) is 4.10. The maximum Gasteiger partial charge on any atom is 0.251 e. The lowest BCUT2D eigenvalue weighted by atomic mass is 10.1. The van der Waals surface area contributed by atoms with Crippen LogP contribution in [0.3, 0.4) is 0 Å². The van der Waals surface area contributed by atoms with Gasteiger partial charge in [0.25, 0.3) is 5.56 Å². The van der Waals surface area contributed by atoms with E-state index in [0.717, 1.165) is 23.3 Å². The van der Waals surface area contributed by atoms with Crippen LogP contribution in [0.2, 0.25) is 0 Å². The van der Waals surface area contributed by atoms with Crippen LogP contribution in [-0.2, 0) is 11.2 Å². The SMILES string of the molecule is COc1ccc(CC(=O)N2CCC(c3nc(-c4cccnc4OC)cc(=O)[nH]3)C2)cc1C. The third-order valence-electron chi connectivity index (χ3n) is 5.74. The van der Waals surface area contributed by atoms with Gasteiger partial charge >= 0.3 is 0 Å². The van der Waals surface area contributed by atoms with Gasteiger partial charge in [-0.15, -0.1) is 0 Å². The zero-order valence-electron chi connectivity index (χ0n) is 18.4. The first-order valence-corrected chi connectivity index (χ1v) is 10.5. The van der Waals surface area contributed by atoms with Gasteiger partial charge < -0.3 is 19.4 Å². The highest BCUT2D eigenvalue weighted by atomic mass is 16.5. The van der Waals surface area contributed by atoms with Crippen LogP contribution in [0.1, 0.15) is 29.3 Å². The van der Waals surface area contributed by atoms with Crippen molar-refractivity contribution >= 4 is 5.91 Å². The summed E-state index contributed by atoms with van der Waals surface area (Å²) in [5.41, 5.74) is 2.88. The van der Waals surface area contributed by atoms with Crippen molar-refractivity contribution in [2.75, 3.05) is 27.3 Å². The Morgan fingerprint density at radius 3 is 2.81 bits per heavy atom. The average Bonchev–Trinajstić information content (AvgIpc) is 3.29. The second-order valence-electron chi connectivity index (χ2n) is 7.88. The number of carbonyl (C=O) groups excluding carboxylic acids is 1. The van der Waals surface area contributed by atoms with E-state index in [9.17, 15) is 9.59 Å². The van der Waals surface area contributed by atoms with Gasteiger partial charge in [0.1, 0.15) is 11.6 Å². The lowest BCUT2D eigenvalue weighted by Crippen LogP contribution is -2.30. The Labute approximate surface area is 186 Å². The molecule has 8 nitrogen and oxygen atoms in total. The lowest BCUT2D eigenvalue weighted by molar-refractivity contribution is -0.129. The molecule has 32 heavy (non-hydrogen) atoms. The van der Waals surface area contributed by atoms with Gasteiger partial charge in [0.15, 0.2) is 0 Å². The number of hydrogen-bond donors (Lipinski definition) is 1. The lowest BCUT2D eigenvalue weighted by Gasteiger charge is -2.17. The van der Waals surface area contributed by atoms with Gasteiger partial charge in [-0.3, -0.25) is 9.59 Å². The molecular formula is C24H26N4O4. The van der Waals surface area contributed by atoms with Crippen LogP contribution < -0.4 is 15.0 Å². The first-order chi connectivity index (χ1) is 15.5. The quantitative estimate of drug-likeness (QED) is 0.641. The molecule has 0 spiro atoms. The number of pyridine rings is 1. The smallest absolute Gasteiger partial charge is 0.251 e. The van der Waals surface area contributed by atoms with Crippen molar-refractivity contribution in [2.24, 2.45) is 0 Å². The minimum atomic E-state index is -0.241. The van der Waals surface area contributed by atoms with Crippen molar-refractivity contribution in [3.05, 3.63) is 69.9 Å². The van der Waals surface area contributed by atoms with Gasteiger partial charge in [0.2, 0.25) is 11.8 Å². The molecule has 0 radical (unpaired) electrons. The summed E-state index contributed by atoms with van der Waals surface area (Å²) in [6.07, 6.45) is 2.69. The zero-order chi connectivity index (χ0) is 22.7. The van der Waals surface area contributed by atoms with Crippen molar-refractivity contribution < 1.29 is 14.3 Å². The van der Waals surface area contributed by atoms with E-state index >= 15 is 0 Å². The second-order valence-corrected chi connectivity index (χ2v) is 7.88. The molecule has 2 aromatic heterocycles. The minimum absolute atomic E-state index is 0.0353. The number of aromatic amines is 1. The normalized spacial score (nSPS) is 15.6. The van der Waals surface area contributed by atoms with Crippen LogP contribution in [0.5, 0.6) is 11.6 Å². The number of aryl methyl sites for hydroxylation is 1. The number of carbonyl (C=O) groups is 1. The molecule has 1 aliphatic heterocycles.